The second-order valence-electron chi connectivity index (χ2n) is 5.81. The molecule has 0 spiro atoms. The number of hydrogen-bond donors (Lipinski definition) is 2. The van der Waals surface area contributed by atoms with Gasteiger partial charge in [-0.25, -0.2) is 0 Å². The third-order valence-corrected chi connectivity index (χ3v) is 4.06. The first-order chi connectivity index (χ1) is 10.8. The van der Waals surface area contributed by atoms with Crippen LogP contribution in [0.1, 0.15) is 46.0 Å². The molecule has 1 aromatic rings. The minimum atomic E-state index is -0.635. The number of aryl methyl sites for hydroxylation is 1. The highest BCUT2D eigenvalue weighted by atomic mass is 16.5. The maximum absolute atomic E-state index is 12.4. The summed E-state index contributed by atoms with van der Waals surface area (Å²) in [6.07, 6.45) is 0. The Kier molecular flexibility index (Phi) is 5.20. The van der Waals surface area contributed by atoms with Crippen molar-refractivity contribution >= 4 is 17.6 Å². The van der Waals surface area contributed by atoms with E-state index in [1.807, 2.05) is 0 Å². The van der Waals surface area contributed by atoms with E-state index >= 15 is 0 Å². The van der Waals surface area contributed by atoms with E-state index in [-0.39, 0.29) is 17.6 Å². The summed E-state index contributed by atoms with van der Waals surface area (Å²) >= 11 is 0. The van der Waals surface area contributed by atoms with E-state index in [0.29, 0.717) is 48.8 Å². The lowest BCUT2D eigenvalue weighted by Crippen LogP contribution is -2.50. The molecule has 2 rings (SSSR count). The molecule has 2 heterocycles. The van der Waals surface area contributed by atoms with E-state index in [1.165, 1.54) is 6.92 Å². The van der Waals surface area contributed by atoms with Crippen LogP contribution >= 0.6 is 0 Å². The van der Waals surface area contributed by atoms with Crippen LogP contribution in [0.15, 0.2) is 0 Å². The Hall–Kier alpha value is -2.15. The highest BCUT2D eigenvalue weighted by Gasteiger charge is 2.26. The van der Waals surface area contributed by atoms with Crippen LogP contribution in [0.5, 0.6) is 0 Å². The summed E-state index contributed by atoms with van der Waals surface area (Å²) in [5, 5.41) is 2.70. The van der Waals surface area contributed by atoms with Gasteiger partial charge in [0.2, 0.25) is 5.91 Å². The molecule has 2 amide bonds. The van der Waals surface area contributed by atoms with Gasteiger partial charge in [-0.1, -0.05) is 0 Å². The number of H-pyrrole nitrogens is 1. The van der Waals surface area contributed by atoms with Gasteiger partial charge in [-0.3, -0.25) is 14.4 Å². The number of ketones is 1. The Morgan fingerprint density at radius 1 is 1.22 bits per heavy atom. The molecule has 0 unspecified atom stereocenters. The minimum absolute atomic E-state index is 0.0901. The molecular formula is C16H23N3O4. The molecular weight excluding hydrogens is 298 g/mol. The Bertz CT molecular complexity index is 630. The summed E-state index contributed by atoms with van der Waals surface area (Å²) in [5.41, 5.74) is 2.13. The number of nitrogens with zero attached hydrogens (tertiary/aromatic N) is 1. The molecule has 1 fully saturated rings. The van der Waals surface area contributed by atoms with Crippen molar-refractivity contribution < 1.29 is 19.1 Å². The van der Waals surface area contributed by atoms with Crippen LogP contribution in [-0.2, 0) is 9.53 Å². The van der Waals surface area contributed by atoms with Gasteiger partial charge in [0.1, 0.15) is 11.7 Å². The van der Waals surface area contributed by atoms with Crippen LogP contribution in [0.25, 0.3) is 0 Å². The van der Waals surface area contributed by atoms with Gasteiger partial charge in [-0.15, -0.1) is 0 Å². The lowest BCUT2D eigenvalue weighted by molar-refractivity contribution is -0.136. The summed E-state index contributed by atoms with van der Waals surface area (Å²) in [4.78, 5) is 41.0. The van der Waals surface area contributed by atoms with Crippen LogP contribution in [0.4, 0.5) is 0 Å². The topological polar surface area (TPSA) is 91.5 Å². The lowest BCUT2D eigenvalue weighted by Gasteiger charge is -2.29. The van der Waals surface area contributed by atoms with Gasteiger partial charge < -0.3 is 19.9 Å². The molecule has 1 aliphatic heterocycles. The van der Waals surface area contributed by atoms with E-state index in [9.17, 15) is 14.4 Å². The van der Waals surface area contributed by atoms with E-state index in [2.05, 4.69) is 10.3 Å². The Morgan fingerprint density at radius 3 is 2.35 bits per heavy atom. The number of aromatic amines is 1. The maximum Gasteiger partial charge on any atom is 0.268 e. The van der Waals surface area contributed by atoms with Crippen LogP contribution in [-0.4, -0.2) is 59.8 Å². The van der Waals surface area contributed by atoms with Crippen LogP contribution in [0.2, 0.25) is 0 Å². The standard InChI is InChI=1S/C16H23N3O4/c1-9-13(12(4)20)10(2)17-14(9)15(21)18-11(3)16(22)19-5-7-23-8-6-19/h11,17H,5-8H2,1-4H3,(H,18,21)/t11-/m1/s1. The molecule has 0 saturated carbocycles. The molecule has 23 heavy (non-hydrogen) atoms. The number of carbonyl (C=O) groups is 3. The summed E-state index contributed by atoms with van der Waals surface area (Å²) in [6, 6.07) is -0.635. The monoisotopic (exact) mass is 321 g/mol. The number of aromatic nitrogens is 1. The summed E-state index contributed by atoms with van der Waals surface area (Å²) in [7, 11) is 0. The molecule has 126 valence electrons. The van der Waals surface area contributed by atoms with Crippen molar-refractivity contribution in [3.63, 3.8) is 0 Å². The van der Waals surface area contributed by atoms with Crippen molar-refractivity contribution in [3.05, 3.63) is 22.5 Å². The molecule has 0 aromatic carbocycles. The number of nitrogens with one attached hydrogen (secondary N) is 2. The normalized spacial score (nSPS) is 16.1. The van der Waals surface area contributed by atoms with Crippen LogP contribution < -0.4 is 5.32 Å². The molecule has 1 atom stereocenters. The Balaban J connectivity index is 2.08. The van der Waals surface area contributed by atoms with Gasteiger partial charge in [0.05, 0.1) is 13.2 Å². The fourth-order valence-corrected chi connectivity index (χ4v) is 2.89. The average molecular weight is 321 g/mol. The first-order valence-corrected chi connectivity index (χ1v) is 7.70. The number of hydrogen-bond acceptors (Lipinski definition) is 4. The van der Waals surface area contributed by atoms with Crippen LogP contribution in [0.3, 0.4) is 0 Å². The number of amides is 2. The fourth-order valence-electron chi connectivity index (χ4n) is 2.89. The minimum Gasteiger partial charge on any atom is -0.378 e. The molecule has 7 nitrogen and oxygen atoms in total. The van der Waals surface area contributed by atoms with E-state index in [1.54, 1.807) is 25.7 Å². The molecule has 1 aromatic heterocycles. The predicted molar refractivity (Wildman–Crippen MR) is 84.6 cm³/mol. The molecule has 0 aliphatic carbocycles. The number of rotatable bonds is 4. The quantitative estimate of drug-likeness (QED) is 0.803. The van der Waals surface area contributed by atoms with Crippen molar-refractivity contribution in [2.45, 2.75) is 33.7 Å². The first-order valence-electron chi connectivity index (χ1n) is 7.70. The van der Waals surface area contributed by atoms with Crippen molar-refractivity contribution in [1.82, 2.24) is 15.2 Å². The third-order valence-electron chi connectivity index (χ3n) is 4.06. The number of Topliss-reactive ketones (excluding diaryl/α,β-unsaturated/α-hetero) is 1. The molecule has 1 aliphatic rings. The van der Waals surface area contributed by atoms with Crippen molar-refractivity contribution in [1.29, 1.82) is 0 Å². The largest absolute Gasteiger partial charge is 0.378 e. The zero-order valence-electron chi connectivity index (χ0n) is 14.0. The number of carbonyl (C=O) groups excluding carboxylic acids is 3. The van der Waals surface area contributed by atoms with Gasteiger partial charge in [0.25, 0.3) is 5.91 Å². The zero-order valence-corrected chi connectivity index (χ0v) is 14.0. The molecule has 2 N–H and O–H groups in total. The molecule has 0 radical (unpaired) electrons. The van der Waals surface area contributed by atoms with E-state index in [0.717, 1.165) is 0 Å². The highest BCUT2D eigenvalue weighted by molar-refractivity contribution is 6.03. The van der Waals surface area contributed by atoms with E-state index < -0.39 is 6.04 Å². The summed E-state index contributed by atoms with van der Waals surface area (Å²) in [5.74, 6) is -0.602. The van der Waals surface area contributed by atoms with Gasteiger partial charge in [0, 0.05) is 24.3 Å². The predicted octanol–water partition coefficient (Wildman–Crippen LogP) is 0.811. The second kappa shape index (κ2) is 6.95. The summed E-state index contributed by atoms with van der Waals surface area (Å²) < 4.78 is 5.22. The highest BCUT2D eigenvalue weighted by Crippen LogP contribution is 2.18. The SMILES string of the molecule is CC(=O)c1c(C)[nH]c(C(=O)N[C@H](C)C(=O)N2CCOCC2)c1C. The number of morpholine rings is 1. The van der Waals surface area contributed by atoms with Crippen molar-refractivity contribution in [3.8, 4) is 0 Å². The lowest BCUT2D eigenvalue weighted by atomic mass is 10.1. The molecule has 0 bridgehead atoms. The Labute approximate surface area is 135 Å². The van der Waals surface area contributed by atoms with E-state index in [4.69, 9.17) is 4.74 Å². The van der Waals surface area contributed by atoms with Crippen LogP contribution in [0, 0.1) is 13.8 Å². The Morgan fingerprint density at radius 2 is 1.83 bits per heavy atom. The molecule has 7 heteroatoms. The van der Waals surface area contributed by atoms with Crippen molar-refractivity contribution in [2.24, 2.45) is 0 Å². The zero-order chi connectivity index (χ0) is 17.1. The van der Waals surface area contributed by atoms with Gasteiger partial charge in [-0.2, -0.15) is 0 Å². The first kappa shape index (κ1) is 17.2. The third kappa shape index (κ3) is 3.61. The summed E-state index contributed by atoms with van der Waals surface area (Å²) in [6.45, 7) is 8.71. The second-order valence-corrected chi connectivity index (χ2v) is 5.81. The van der Waals surface area contributed by atoms with Gasteiger partial charge >= 0.3 is 0 Å². The van der Waals surface area contributed by atoms with Crippen molar-refractivity contribution in [2.75, 3.05) is 26.3 Å². The smallest absolute Gasteiger partial charge is 0.268 e. The fraction of sp³-hybridized carbons (Fsp3) is 0.562. The van der Waals surface area contributed by atoms with Gasteiger partial charge in [0.15, 0.2) is 5.78 Å². The maximum atomic E-state index is 12.4. The molecule has 1 saturated heterocycles. The number of ether oxygens (including phenoxy) is 1. The average Bonchev–Trinajstić information content (AvgIpc) is 2.82. The van der Waals surface area contributed by atoms with Gasteiger partial charge in [-0.05, 0) is 33.3 Å².